The first kappa shape index (κ1) is 9.31. The highest BCUT2D eigenvalue weighted by Gasteiger charge is 2.42. The normalized spacial score (nSPS) is 24.8. The van der Waals surface area contributed by atoms with Crippen LogP contribution >= 0.6 is 0 Å². The molecule has 1 saturated carbocycles. The van der Waals surface area contributed by atoms with Gasteiger partial charge in [-0.15, -0.1) is 0 Å². The largest absolute Gasteiger partial charge is 0.300 e. The summed E-state index contributed by atoms with van der Waals surface area (Å²) >= 11 is 0. The van der Waals surface area contributed by atoms with Crippen molar-refractivity contribution in [2.75, 3.05) is 0 Å². The summed E-state index contributed by atoms with van der Waals surface area (Å²) in [6.07, 6.45) is 0.692. The molecule has 1 aromatic carbocycles. The van der Waals surface area contributed by atoms with Gasteiger partial charge in [0.05, 0.1) is 0 Å². The van der Waals surface area contributed by atoms with E-state index < -0.39 is 11.6 Å². The van der Waals surface area contributed by atoms with Crippen LogP contribution in [0.15, 0.2) is 18.2 Å². The van der Waals surface area contributed by atoms with E-state index in [9.17, 15) is 13.6 Å². The van der Waals surface area contributed by atoms with E-state index in [1.54, 1.807) is 0 Å². The van der Waals surface area contributed by atoms with Crippen LogP contribution in [0.5, 0.6) is 0 Å². The molecule has 1 aromatic rings. The predicted molar refractivity (Wildman–Crippen MR) is 47.9 cm³/mol. The van der Waals surface area contributed by atoms with Gasteiger partial charge in [0.2, 0.25) is 0 Å². The van der Waals surface area contributed by atoms with E-state index in [2.05, 4.69) is 0 Å². The molecule has 0 aliphatic heterocycles. The van der Waals surface area contributed by atoms with Gasteiger partial charge >= 0.3 is 0 Å². The quantitative estimate of drug-likeness (QED) is 0.710. The number of hydrogen-bond donors (Lipinski definition) is 0. The molecule has 1 aliphatic rings. The van der Waals surface area contributed by atoms with Crippen LogP contribution in [0, 0.1) is 17.6 Å². The number of ketones is 1. The fourth-order valence-corrected chi connectivity index (χ4v) is 1.79. The maximum atomic E-state index is 13.2. The van der Waals surface area contributed by atoms with Gasteiger partial charge in [0, 0.05) is 12.0 Å². The van der Waals surface area contributed by atoms with E-state index in [0.717, 1.165) is 6.07 Å². The monoisotopic (exact) mass is 196 g/mol. The van der Waals surface area contributed by atoms with Gasteiger partial charge in [0.25, 0.3) is 0 Å². The molecule has 1 nitrogen and oxygen atoms in total. The van der Waals surface area contributed by atoms with Crippen molar-refractivity contribution in [2.45, 2.75) is 19.3 Å². The van der Waals surface area contributed by atoms with E-state index in [0.29, 0.717) is 12.0 Å². The van der Waals surface area contributed by atoms with Gasteiger partial charge < -0.3 is 0 Å². The van der Waals surface area contributed by atoms with Gasteiger partial charge in [-0.25, -0.2) is 8.78 Å². The molecular formula is C11H10F2O. The number of carbonyl (C=O) groups is 1. The highest BCUT2D eigenvalue weighted by molar-refractivity contribution is 5.82. The lowest BCUT2D eigenvalue weighted by Crippen LogP contribution is -1.97. The number of benzene rings is 1. The summed E-state index contributed by atoms with van der Waals surface area (Å²) in [5.41, 5.74) is 0.464. The molecule has 0 aromatic heterocycles. The zero-order valence-corrected chi connectivity index (χ0v) is 7.76. The molecule has 0 heterocycles. The van der Waals surface area contributed by atoms with Crippen molar-refractivity contribution in [1.29, 1.82) is 0 Å². The molecule has 0 N–H and O–H groups in total. The Bertz CT molecular complexity index is 387. The van der Waals surface area contributed by atoms with Crippen LogP contribution in [-0.2, 0) is 4.79 Å². The summed E-state index contributed by atoms with van der Waals surface area (Å²) in [7, 11) is 0. The summed E-state index contributed by atoms with van der Waals surface area (Å²) in [6.45, 7) is 1.51. The zero-order chi connectivity index (χ0) is 10.3. The molecule has 74 valence electrons. The number of Topliss-reactive ketones (excluding diaryl/α,β-unsaturated/α-hetero) is 1. The van der Waals surface area contributed by atoms with Crippen LogP contribution in [0.2, 0.25) is 0 Å². The first-order chi connectivity index (χ1) is 6.59. The maximum absolute atomic E-state index is 13.2. The predicted octanol–water partition coefficient (Wildman–Crippen LogP) is 2.66. The maximum Gasteiger partial charge on any atom is 0.133 e. The van der Waals surface area contributed by atoms with Gasteiger partial charge in [0.1, 0.15) is 17.4 Å². The number of rotatable bonds is 2. The second-order valence-electron chi connectivity index (χ2n) is 3.73. The van der Waals surface area contributed by atoms with Crippen LogP contribution in [0.3, 0.4) is 0 Å². The van der Waals surface area contributed by atoms with Gasteiger partial charge in [-0.1, -0.05) is 6.07 Å². The summed E-state index contributed by atoms with van der Waals surface area (Å²) in [4.78, 5) is 11.0. The third-order valence-electron chi connectivity index (χ3n) is 2.67. The van der Waals surface area contributed by atoms with Crippen LogP contribution in [0.1, 0.15) is 24.8 Å². The fourth-order valence-electron chi connectivity index (χ4n) is 1.79. The minimum atomic E-state index is -0.578. The lowest BCUT2D eigenvalue weighted by molar-refractivity contribution is -0.118. The van der Waals surface area contributed by atoms with Crippen LogP contribution in [-0.4, -0.2) is 5.78 Å². The highest BCUT2D eigenvalue weighted by atomic mass is 19.1. The van der Waals surface area contributed by atoms with Crippen LogP contribution in [0.25, 0.3) is 0 Å². The second-order valence-corrected chi connectivity index (χ2v) is 3.73. The van der Waals surface area contributed by atoms with Crippen molar-refractivity contribution >= 4 is 5.78 Å². The molecule has 2 unspecified atom stereocenters. The lowest BCUT2D eigenvalue weighted by Gasteiger charge is -2.00. The van der Waals surface area contributed by atoms with Crippen molar-refractivity contribution in [3.05, 3.63) is 35.4 Å². The Labute approximate surface area is 80.7 Å². The summed E-state index contributed by atoms with van der Waals surface area (Å²) in [6, 6.07) is 3.52. The van der Waals surface area contributed by atoms with Crippen LogP contribution in [0.4, 0.5) is 8.78 Å². The average molecular weight is 196 g/mol. The number of halogens is 2. The molecule has 1 fully saturated rings. The van der Waals surface area contributed by atoms with E-state index in [4.69, 9.17) is 0 Å². The van der Waals surface area contributed by atoms with E-state index in [1.165, 1.54) is 19.1 Å². The molecule has 0 spiro atoms. The summed E-state index contributed by atoms with van der Waals surface area (Å²) in [5.74, 6) is -1.13. The Kier molecular flexibility index (Phi) is 2.10. The minimum Gasteiger partial charge on any atom is -0.300 e. The number of hydrogen-bond acceptors (Lipinski definition) is 1. The molecule has 3 heteroatoms. The second kappa shape index (κ2) is 3.15. The van der Waals surface area contributed by atoms with Crippen molar-refractivity contribution < 1.29 is 13.6 Å². The lowest BCUT2D eigenvalue weighted by atomic mass is 10.1. The first-order valence-electron chi connectivity index (χ1n) is 4.55. The van der Waals surface area contributed by atoms with Gasteiger partial charge in [-0.2, -0.15) is 0 Å². The number of carbonyl (C=O) groups excluding carboxylic acids is 1. The highest BCUT2D eigenvalue weighted by Crippen LogP contribution is 2.48. The SMILES string of the molecule is CC(=O)C1CC1c1ccc(F)cc1F. The smallest absolute Gasteiger partial charge is 0.133 e. The molecule has 0 bridgehead atoms. The third kappa shape index (κ3) is 1.54. The molecule has 0 radical (unpaired) electrons. The molecule has 14 heavy (non-hydrogen) atoms. The Hall–Kier alpha value is -1.25. The standard InChI is InChI=1S/C11H10F2O/c1-6(14)9-5-10(9)8-3-2-7(12)4-11(8)13/h2-4,9-10H,5H2,1H3. The Morgan fingerprint density at radius 3 is 2.64 bits per heavy atom. The van der Waals surface area contributed by atoms with E-state index in [-0.39, 0.29) is 17.6 Å². The Morgan fingerprint density at radius 1 is 1.43 bits per heavy atom. The molecule has 2 atom stereocenters. The van der Waals surface area contributed by atoms with Crippen molar-refractivity contribution in [3.8, 4) is 0 Å². The Balaban J connectivity index is 2.23. The topological polar surface area (TPSA) is 17.1 Å². The van der Waals surface area contributed by atoms with Gasteiger partial charge in [0.15, 0.2) is 0 Å². The van der Waals surface area contributed by atoms with Crippen molar-refractivity contribution in [3.63, 3.8) is 0 Å². The third-order valence-corrected chi connectivity index (χ3v) is 2.67. The van der Waals surface area contributed by atoms with E-state index in [1.807, 2.05) is 0 Å². The zero-order valence-electron chi connectivity index (χ0n) is 7.76. The molecule has 0 saturated heterocycles. The molecule has 1 aliphatic carbocycles. The Morgan fingerprint density at radius 2 is 2.14 bits per heavy atom. The summed E-state index contributed by atoms with van der Waals surface area (Å²) in [5, 5.41) is 0. The molecule has 0 amide bonds. The molecular weight excluding hydrogens is 186 g/mol. The van der Waals surface area contributed by atoms with Crippen LogP contribution < -0.4 is 0 Å². The van der Waals surface area contributed by atoms with Crippen molar-refractivity contribution in [1.82, 2.24) is 0 Å². The van der Waals surface area contributed by atoms with Gasteiger partial charge in [-0.05, 0) is 30.9 Å². The fraction of sp³-hybridized carbons (Fsp3) is 0.364. The summed E-state index contributed by atoms with van der Waals surface area (Å²) < 4.78 is 25.8. The average Bonchev–Trinajstić information content (AvgIpc) is 2.83. The van der Waals surface area contributed by atoms with E-state index >= 15 is 0 Å². The van der Waals surface area contributed by atoms with Gasteiger partial charge in [-0.3, -0.25) is 4.79 Å². The molecule has 2 rings (SSSR count). The minimum absolute atomic E-state index is 0.0342. The first-order valence-corrected chi connectivity index (χ1v) is 4.55. The van der Waals surface area contributed by atoms with Crippen molar-refractivity contribution in [2.24, 2.45) is 5.92 Å².